The molecule has 5 heteroatoms. The molecule has 1 aromatic carbocycles. The lowest BCUT2D eigenvalue weighted by atomic mass is 10.1. The average Bonchev–Trinajstić information content (AvgIpc) is 2.97. The Balaban J connectivity index is 1.99. The molecule has 0 aliphatic heterocycles. The van der Waals surface area contributed by atoms with Crippen molar-refractivity contribution >= 4 is 33.9 Å². The summed E-state index contributed by atoms with van der Waals surface area (Å²) in [5, 5.41) is 18.1. The maximum absolute atomic E-state index is 11.2. The largest absolute Gasteiger partial charge is 0.478 e. The SMILES string of the molecule is O=C(O)c1cnc(NCc2ccsc2)c2ccccc12. The number of benzene rings is 1. The Morgan fingerprint density at radius 2 is 2.05 bits per heavy atom. The van der Waals surface area contributed by atoms with Gasteiger partial charge in [-0.1, -0.05) is 24.3 Å². The van der Waals surface area contributed by atoms with E-state index in [-0.39, 0.29) is 5.56 Å². The zero-order valence-corrected chi connectivity index (χ0v) is 11.4. The molecular formula is C15H12N2O2S. The van der Waals surface area contributed by atoms with Gasteiger partial charge >= 0.3 is 5.97 Å². The summed E-state index contributed by atoms with van der Waals surface area (Å²) in [4.78, 5) is 15.5. The van der Waals surface area contributed by atoms with Crippen molar-refractivity contribution in [3.05, 3.63) is 58.4 Å². The number of aromatic carboxylic acids is 1. The van der Waals surface area contributed by atoms with Gasteiger partial charge in [-0.3, -0.25) is 0 Å². The van der Waals surface area contributed by atoms with Gasteiger partial charge < -0.3 is 10.4 Å². The second-order valence-corrected chi connectivity index (χ2v) is 5.14. The summed E-state index contributed by atoms with van der Waals surface area (Å²) in [7, 11) is 0. The Bertz CT molecular complexity index is 754. The molecule has 2 aromatic heterocycles. The summed E-state index contributed by atoms with van der Waals surface area (Å²) in [6.07, 6.45) is 1.40. The van der Waals surface area contributed by atoms with Crippen molar-refractivity contribution in [1.82, 2.24) is 4.98 Å². The van der Waals surface area contributed by atoms with Crippen LogP contribution in [0.1, 0.15) is 15.9 Å². The van der Waals surface area contributed by atoms with Crippen molar-refractivity contribution in [2.75, 3.05) is 5.32 Å². The Morgan fingerprint density at radius 1 is 1.25 bits per heavy atom. The van der Waals surface area contributed by atoms with Crippen LogP contribution in [0, 0.1) is 0 Å². The number of hydrogen-bond acceptors (Lipinski definition) is 4. The molecule has 0 aliphatic rings. The first-order valence-electron chi connectivity index (χ1n) is 6.11. The van der Waals surface area contributed by atoms with E-state index in [2.05, 4.69) is 15.7 Å². The molecule has 0 radical (unpaired) electrons. The number of pyridine rings is 1. The number of carboxylic acids is 1. The van der Waals surface area contributed by atoms with Gasteiger partial charge in [0.15, 0.2) is 0 Å². The highest BCUT2D eigenvalue weighted by Crippen LogP contribution is 2.25. The monoisotopic (exact) mass is 284 g/mol. The number of fused-ring (bicyclic) bond motifs is 1. The molecule has 0 amide bonds. The average molecular weight is 284 g/mol. The fraction of sp³-hybridized carbons (Fsp3) is 0.0667. The van der Waals surface area contributed by atoms with Crippen LogP contribution in [-0.4, -0.2) is 16.1 Å². The van der Waals surface area contributed by atoms with Gasteiger partial charge in [-0.25, -0.2) is 9.78 Å². The lowest BCUT2D eigenvalue weighted by Gasteiger charge is -2.09. The molecule has 0 atom stereocenters. The highest BCUT2D eigenvalue weighted by atomic mass is 32.1. The highest BCUT2D eigenvalue weighted by molar-refractivity contribution is 7.07. The smallest absolute Gasteiger partial charge is 0.337 e. The van der Waals surface area contributed by atoms with Gasteiger partial charge in [0, 0.05) is 23.5 Å². The van der Waals surface area contributed by atoms with E-state index in [1.807, 2.05) is 29.6 Å². The van der Waals surface area contributed by atoms with Crippen LogP contribution >= 0.6 is 11.3 Å². The molecule has 3 aromatic rings. The number of nitrogens with zero attached hydrogens (tertiary/aromatic N) is 1. The molecule has 3 rings (SSSR count). The van der Waals surface area contributed by atoms with Gasteiger partial charge in [0.05, 0.1) is 5.56 Å². The summed E-state index contributed by atoms with van der Waals surface area (Å²) in [5.74, 6) is -0.255. The molecule has 0 aliphatic carbocycles. The summed E-state index contributed by atoms with van der Waals surface area (Å²) >= 11 is 1.65. The molecule has 2 heterocycles. The third-order valence-corrected chi connectivity index (χ3v) is 3.80. The van der Waals surface area contributed by atoms with Crippen molar-refractivity contribution in [1.29, 1.82) is 0 Å². The summed E-state index contributed by atoms with van der Waals surface area (Å²) in [5.41, 5.74) is 1.41. The third-order valence-electron chi connectivity index (χ3n) is 3.07. The van der Waals surface area contributed by atoms with E-state index < -0.39 is 5.97 Å². The third kappa shape index (κ3) is 2.35. The van der Waals surface area contributed by atoms with Gasteiger partial charge in [-0.2, -0.15) is 11.3 Å². The van der Waals surface area contributed by atoms with E-state index in [0.717, 1.165) is 5.39 Å². The Kier molecular flexibility index (Phi) is 3.35. The molecule has 0 saturated heterocycles. The zero-order valence-electron chi connectivity index (χ0n) is 10.5. The zero-order chi connectivity index (χ0) is 13.9. The van der Waals surface area contributed by atoms with Crippen molar-refractivity contribution in [3.63, 3.8) is 0 Å². The van der Waals surface area contributed by atoms with Crippen LogP contribution in [-0.2, 0) is 6.54 Å². The first kappa shape index (κ1) is 12.6. The van der Waals surface area contributed by atoms with Gasteiger partial charge in [-0.05, 0) is 22.4 Å². The van der Waals surface area contributed by atoms with Gasteiger partial charge in [-0.15, -0.1) is 0 Å². The number of aromatic nitrogens is 1. The quantitative estimate of drug-likeness (QED) is 0.768. The standard InChI is InChI=1S/C15H12N2O2S/c18-15(19)13-8-17-14(12-4-2-1-3-11(12)13)16-7-10-5-6-20-9-10/h1-6,8-9H,7H2,(H,16,17)(H,18,19). The normalized spacial score (nSPS) is 10.6. The van der Waals surface area contributed by atoms with Gasteiger partial charge in [0.2, 0.25) is 0 Å². The molecule has 0 bridgehead atoms. The van der Waals surface area contributed by atoms with E-state index >= 15 is 0 Å². The molecule has 0 spiro atoms. The van der Waals surface area contributed by atoms with Crippen LogP contribution in [0.4, 0.5) is 5.82 Å². The van der Waals surface area contributed by atoms with Crippen molar-refractivity contribution in [2.24, 2.45) is 0 Å². The Hall–Kier alpha value is -2.40. The molecule has 100 valence electrons. The van der Waals surface area contributed by atoms with E-state index in [9.17, 15) is 9.90 Å². The van der Waals surface area contributed by atoms with Gasteiger partial charge in [0.25, 0.3) is 0 Å². The lowest BCUT2D eigenvalue weighted by Crippen LogP contribution is -2.04. The fourth-order valence-electron chi connectivity index (χ4n) is 2.08. The predicted molar refractivity (Wildman–Crippen MR) is 80.3 cm³/mol. The van der Waals surface area contributed by atoms with Crippen LogP contribution in [0.2, 0.25) is 0 Å². The summed E-state index contributed by atoms with van der Waals surface area (Å²) < 4.78 is 0. The number of thiophene rings is 1. The van der Waals surface area contributed by atoms with Crippen molar-refractivity contribution < 1.29 is 9.90 Å². The Morgan fingerprint density at radius 3 is 2.75 bits per heavy atom. The van der Waals surface area contributed by atoms with E-state index in [1.165, 1.54) is 11.8 Å². The number of rotatable bonds is 4. The molecule has 0 fully saturated rings. The second kappa shape index (κ2) is 5.30. The maximum atomic E-state index is 11.2. The summed E-state index contributed by atoms with van der Waals surface area (Å²) in [6, 6.07) is 9.44. The van der Waals surface area contributed by atoms with Crippen LogP contribution in [0.15, 0.2) is 47.3 Å². The first-order valence-corrected chi connectivity index (χ1v) is 7.06. The number of carbonyl (C=O) groups is 1. The van der Waals surface area contributed by atoms with E-state index in [4.69, 9.17) is 0 Å². The first-order chi connectivity index (χ1) is 9.75. The molecule has 20 heavy (non-hydrogen) atoms. The van der Waals surface area contributed by atoms with Crippen LogP contribution in [0.5, 0.6) is 0 Å². The number of hydrogen-bond donors (Lipinski definition) is 2. The highest BCUT2D eigenvalue weighted by Gasteiger charge is 2.11. The predicted octanol–water partition coefficient (Wildman–Crippen LogP) is 3.61. The second-order valence-electron chi connectivity index (χ2n) is 4.36. The van der Waals surface area contributed by atoms with Gasteiger partial charge in [0.1, 0.15) is 5.82 Å². The minimum atomic E-state index is -0.960. The van der Waals surface area contributed by atoms with E-state index in [1.54, 1.807) is 17.4 Å². The molecular weight excluding hydrogens is 272 g/mol. The fourth-order valence-corrected chi connectivity index (χ4v) is 2.75. The number of carboxylic acid groups (broad SMARTS) is 1. The molecule has 4 nitrogen and oxygen atoms in total. The number of anilines is 1. The molecule has 0 unspecified atom stereocenters. The summed E-state index contributed by atoms with van der Waals surface area (Å²) in [6.45, 7) is 0.674. The van der Waals surface area contributed by atoms with Crippen LogP contribution in [0.25, 0.3) is 10.8 Å². The minimum Gasteiger partial charge on any atom is -0.478 e. The molecule has 0 saturated carbocycles. The number of nitrogens with one attached hydrogen (secondary N) is 1. The topological polar surface area (TPSA) is 62.2 Å². The van der Waals surface area contributed by atoms with Crippen molar-refractivity contribution in [2.45, 2.75) is 6.54 Å². The van der Waals surface area contributed by atoms with E-state index in [0.29, 0.717) is 17.7 Å². The Labute approximate surface area is 119 Å². The van der Waals surface area contributed by atoms with Crippen LogP contribution in [0.3, 0.4) is 0 Å². The molecule has 2 N–H and O–H groups in total. The lowest BCUT2D eigenvalue weighted by molar-refractivity contribution is 0.0698. The van der Waals surface area contributed by atoms with Crippen LogP contribution < -0.4 is 5.32 Å². The maximum Gasteiger partial charge on any atom is 0.337 e. The minimum absolute atomic E-state index is 0.224. The van der Waals surface area contributed by atoms with Crippen molar-refractivity contribution in [3.8, 4) is 0 Å².